The van der Waals surface area contributed by atoms with E-state index in [1.54, 1.807) is 49.6 Å². The molecule has 1 N–H and O–H groups in total. The first-order valence-corrected chi connectivity index (χ1v) is 12.6. The van der Waals surface area contributed by atoms with Crippen molar-refractivity contribution in [2.24, 2.45) is 4.99 Å². The Kier molecular flexibility index (Phi) is 6.35. The Bertz CT molecular complexity index is 1500. The maximum absolute atomic E-state index is 12.9. The molecule has 0 radical (unpaired) electrons. The Morgan fingerprint density at radius 1 is 1.09 bits per heavy atom. The number of nitrogens with one attached hydrogen (secondary N) is 1. The number of amides is 1. The second kappa shape index (κ2) is 9.21. The predicted octanol–water partition coefficient (Wildman–Crippen LogP) is 4.58. The number of benzene rings is 3. The Morgan fingerprint density at radius 3 is 2.55 bits per heavy atom. The van der Waals surface area contributed by atoms with Crippen LogP contribution in [0.5, 0.6) is 5.75 Å². The molecule has 0 spiro atoms. The Labute approximate surface area is 196 Å². The van der Waals surface area contributed by atoms with Crippen LogP contribution < -0.4 is 14.3 Å². The van der Waals surface area contributed by atoms with Crippen LogP contribution in [0.25, 0.3) is 10.2 Å². The van der Waals surface area contributed by atoms with Crippen LogP contribution in [0.1, 0.15) is 22.8 Å². The summed E-state index contributed by atoms with van der Waals surface area (Å²) in [6, 6.07) is 18.6. The number of sulfonamides is 1. The van der Waals surface area contributed by atoms with E-state index in [9.17, 15) is 13.2 Å². The second-order valence-electron chi connectivity index (χ2n) is 7.38. The maximum Gasteiger partial charge on any atom is 0.279 e. The lowest BCUT2D eigenvalue weighted by molar-refractivity contribution is 0.0998. The molecule has 0 fully saturated rings. The van der Waals surface area contributed by atoms with Crippen LogP contribution in [0.2, 0.25) is 0 Å². The van der Waals surface area contributed by atoms with Gasteiger partial charge in [0.15, 0.2) is 4.80 Å². The lowest BCUT2D eigenvalue weighted by Crippen LogP contribution is -2.16. The summed E-state index contributed by atoms with van der Waals surface area (Å²) in [5.74, 6) is 0.283. The zero-order valence-corrected chi connectivity index (χ0v) is 20.0. The SMILES string of the molecule is CCn1c(=NC(=O)c2cccc(NS(=O)(=O)c3ccc(C)cc3)c2)sc2cc(OC)ccc21. The van der Waals surface area contributed by atoms with Crippen LogP contribution in [-0.2, 0) is 16.6 Å². The van der Waals surface area contributed by atoms with Gasteiger partial charge in [0.2, 0.25) is 0 Å². The third-order valence-electron chi connectivity index (χ3n) is 5.10. The van der Waals surface area contributed by atoms with E-state index in [1.165, 1.54) is 17.4 Å². The van der Waals surface area contributed by atoms with Crippen molar-refractivity contribution >= 4 is 43.2 Å². The van der Waals surface area contributed by atoms with Crippen LogP contribution in [0.4, 0.5) is 5.69 Å². The van der Waals surface area contributed by atoms with Gasteiger partial charge in [0.1, 0.15) is 5.75 Å². The van der Waals surface area contributed by atoms with Crippen molar-refractivity contribution in [3.8, 4) is 5.75 Å². The van der Waals surface area contributed by atoms with Gasteiger partial charge >= 0.3 is 0 Å². The molecule has 33 heavy (non-hydrogen) atoms. The number of nitrogens with zero attached hydrogens (tertiary/aromatic N) is 2. The number of rotatable bonds is 6. The highest BCUT2D eigenvalue weighted by Gasteiger charge is 2.15. The first-order valence-electron chi connectivity index (χ1n) is 10.3. The fourth-order valence-electron chi connectivity index (χ4n) is 3.37. The first-order chi connectivity index (χ1) is 15.8. The Hall–Kier alpha value is -3.43. The van der Waals surface area contributed by atoms with E-state index >= 15 is 0 Å². The van der Waals surface area contributed by atoms with Gasteiger partial charge in [-0.25, -0.2) is 8.42 Å². The monoisotopic (exact) mass is 481 g/mol. The molecule has 7 nitrogen and oxygen atoms in total. The van der Waals surface area contributed by atoms with Gasteiger partial charge in [-0.3, -0.25) is 9.52 Å². The minimum Gasteiger partial charge on any atom is -0.497 e. The predicted molar refractivity (Wildman–Crippen MR) is 130 cm³/mol. The minimum absolute atomic E-state index is 0.152. The molecule has 1 heterocycles. The van der Waals surface area contributed by atoms with E-state index < -0.39 is 15.9 Å². The number of carbonyl (C=O) groups is 1. The van der Waals surface area contributed by atoms with E-state index in [4.69, 9.17) is 4.74 Å². The molecule has 0 aliphatic rings. The van der Waals surface area contributed by atoms with E-state index in [0.29, 0.717) is 17.0 Å². The molecule has 9 heteroatoms. The summed E-state index contributed by atoms with van der Waals surface area (Å²) in [4.78, 5) is 18.0. The molecular formula is C24H23N3O4S2. The quantitative estimate of drug-likeness (QED) is 0.436. The molecule has 0 unspecified atom stereocenters. The number of fused-ring (bicyclic) bond motifs is 1. The van der Waals surface area contributed by atoms with Crippen molar-refractivity contribution < 1.29 is 17.9 Å². The van der Waals surface area contributed by atoms with Crippen LogP contribution in [0, 0.1) is 6.92 Å². The van der Waals surface area contributed by atoms with Crippen LogP contribution >= 0.6 is 11.3 Å². The topological polar surface area (TPSA) is 89.8 Å². The van der Waals surface area contributed by atoms with Gasteiger partial charge in [0.05, 0.1) is 22.2 Å². The molecule has 4 rings (SSSR count). The summed E-state index contributed by atoms with van der Waals surface area (Å²) in [7, 11) is -2.16. The smallest absolute Gasteiger partial charge is 0.279 e. The van der Waals surface area contributed by atoms with Crippen LogP contribution in [0.15, 0.2) is 76.6 Å². The second-order valence-corrected chi connectivity index (χ2v) is 10.1. The molecule has 1 aromatic heterocycles. The summed E-state index contributed by atoms with van der Waals surface area (Å²) in [6.07, 6.45) is 0. The average Bonchev–Trinajstić information content (AvgIpc) is 3.15. The van der Waals surface area contributed by atoms with E-state index in [-0.39, 0.29) is 10.5 Å². The number of methoxy groups -OCH3 is 1. The summed E-state index contributed by atoms with van der Waals surface area (Å²) >= 11 is 1.40. The molecular weight excluding hydrogens is 458 g/mol. The molecule has 0 saturated heterocycles. The van der Waals surface area contributed by atoms with Crippen molar-refractivity contribution in [3.05, 3.63) is 82.7 Å². The highest BCUT2D eigenvalue weighted by atomic mass is 32.2. The van der Waals surface area contributed by atoms with E-state index in [2.05, 4.69) is 9.71 Å². The maximum atomic E-state index is 12.9. The van der Waals surface area contributed by atoms with Gasteiger partial charge in [-0.2, -0.15) is 4.99 Å². The van der Waals surface area contributed by atoms with Crippen molar-refractivity contribution in [3.63, 3.8) is 0 Å². The lowest BCUT2D eigenvalue weighted by atomic mass is 10.2. The van der Waals surface area contributed by atoms with Gasteiger partial charge in [0.25, 0.3) is 15.9 Å². The molecule has 3 aromatic carbocycles. The molecule has 0 atom stereocenters. The largest absolute Gasteiger partial charge is 0.497 e. The Balaban J connectivity index is 1.66. The van der Waals surface area contributed by atoms with Gasteiger partial charge in [-0.15, -0.1) is 0 Å². The zero-order valence-electron chi connectivity index (χ0n) is 18.4. The fraction of sp³-hybridized carbons (Fsp3) is 0.167. The average molecular weight is 482 g/mol. The molecule has 170 valence electrons. The summed E-state index contributed by atoms with van der Waals surface area (Å²) in [5.41, 5.74) is 2.51. The zero-order chi connectivity index (χ0) is 23.6. The number of hydrogen-bond donors (Lipinski definition) is 1. The number of aromatic nitrogens is 1. The van der Waals surface area contributed by atoms with Crippen molar-refractivity contribution in [2.75, 3.05) is 11.8 Å². The number of anilines is 1. The molecule has 1 amide bonds. The molecule has 4 aromatic rings. The number of aryl methyl sites for hydroxylation is 2. The number of hydrogen-bond acceptors (Lipinski definition) is 5. The van der Waals surface area contributed by atoms with Gasteiger partial charge in [-0.1, -0.05) is 35.1 Å². The summed E-state index contributed by atoms with van der Waals surface area (Å²) in [5, 5.41) is 0. The molecule has 0 aliphatic heterocycles. The highest BCUT2D eigenvalue weighted by molar-refractivity contribution is 7.92. The van der Waals surface area contributed by atoms with Crippen molar-refractivity contribution in [2.45, 2.75) is 25.3 Å². The minimum atomic E-state index is -3.77. The van der Waals surface area contributed by atoms with E-state index in [1.807, 2.05) is 36.6 Å². The third-order valence-corrected chi connectivity index (χ3v) is 7.53. The van der Waals surface area contributed by atoms with Gasteiger partial charge in [-0.05, 0) is 62.4 Å². The molecule has 0 saturated carbocycles. The number of carbonyl (C=O) groups excluding carboxylic acids is 1. The Morgan fingerprint density at radius 2 is 1.85 bits per heavy atom. The summed E-state index contributed by atoms with van der Waals surface area (Å²) < 4.78 is 36.1. The fourth-order valence-corrected chi connectivity index (χ4v) is 5.54. The standard InChI is InChI=1S/C24H23N3O4S2/c1-4-27-21-13-10-19(31-3)15-22(21)32-24(27)25-23(28)17-6-5-7-18(14-17)26-33(29,30)20-11-8-16(2)9-12-20/h5-15,26H,4H2,1-3H3. The molecule has 0 bridgehead atoms. The van der Waals surface area contributed by atoms with Crippen LogP contribution in [0.3, 0.4) is 0 Å². The molecule has 0 aliphatic carbocycles. The van der Waals surface area contributed by atoms with Crippen molar-refractivity contribution in [1.29, 1.82) is 0 Å². The van der Waals surface area contributed by atoms with Gasteiger partial charge < -0.3 is 9.30 Å². The van der Waals surface area contributed by atoms with Gasteiger partial charge in [0, 0.05) is 17.8 Å². The summed E-state index contributed by atoms with van der Waals surface area (Å²) in [6.45, 7) is 4.52. The van der Waals surface area contributed by atoms with E-state index in [0.717, 1.165) is 21.5 Å². The highest BCUT2D eigenvalue weighted by Crippen LogP contribution is 2.23. The first kappa shape index (κ1) is 22.8. The van der Waals surface area contributed by atoms with Crippen molar-refractivity contribution in [1.82, 2.24) is 4.57 Å². The number of thiazole rings is 1. The number of ether oxygens (including phenoxy) is 1. The third kappa shape index (κ3) is 4.84. The lowest BCUT2D eigenvalue weighted by Gasteiger charge is -2.09. The van der Waals surface area contributed by atoms with Crippen LogP contribution in [-0.4, -0.2) is 26.0 Å². The normalized spacial score (nSPS) is 12.2.